The molecular weight excluding hydrogens is 268 g/mol. The molecule has 94 valence electrons. The fraction of sp³-hybridized carbons (Fsp3) is 0.385. The zero-order chi connectivity index (χ0) is 13.0. The Morgan fingerprint density at radius 3 is 3.17 bits per heavy atom. The Kier molecular flexibility index (Phi) is 4.51. The average molecular weight is 281 g/mol. The van der Waals surface area contributed by atoms with Gasteiger partial charge in [-0.25, -0.2) is 0 Å². The molecule has 1 heterocycles. The van der Waals surface area contributed by atoms with Crippen LogP contribution in [-0.4, -0.2) is 34.9 Å². The standard InChI is InChI=1S/C13H13ClN2OS/c14-11-3-1-2-10(6-11)7-13(17)16-4-5-18-9-12(16)8-15/h1-3,6,12H,4-5,7,9H2/t12-/m0/s1. The predicted molar refractivity (Wildman–Crippen MR) is 73.6 cm³/mol. The Balaban J connectivity index is 2.05. The first-order valence-electron chi connectivity index (χ1n) is 5.72. The number of carbonyl (C=O) groups is 1. The van der Waals surface area contributed by atoms with Gasteiger partial charge in [-0.3, -0.25) is 4.79 Å². The third-order valence-electron chi connectivity index (χ3n) is 2.84. The highest BCUT2D eigenvalue weighted by atomic mass is 35.5. The van der Waals surface area contributed by atoms with Crippen molar-refractivity contribution in [3.8, 4) is 6.07 Å². The van der Waals surface area contributed by atoms with E-state index in [4.69, 9.17) is 16.9 Å². The minimum atomic E-state index is -0.296. The van der Waals surface area contributed by atoms with Crippen LogP contribution in [0.15, 0.2) is 24.3 Å². The van der Waals surface area contributed by atoms with Crippen molar-refractivity contribution in [1.82, 2.24) is 4.90 Å². The molecule has 0 spiro atoms. The molecule has 18 heavy (non-hydrogen) atoms. The molecule has 0 saturated carbocycles. The van der Waals surface area contributed by atoms with E-state index in [1.165, 1.54) is 0 Å². The fourth-order valence-electron chi connectivity index (χ4n) is 1.93. The maximum atomic E-state index is 12.2. The Morgan fingerprint density at radius 1 is 1.61 bits per heavy atom. The lowest BCUT2D eigenvalue weighted by molar-refractivity contribution is -0.131. The van der Waals surface area contributed by atoms with Crippen molar-refractivity contribution >= 4 is 29.3 Å². The number of amides is 1. The molecular formula is C13H13ClN2OS. The quantitative estimate of drug-likeness (QED) is 0.835. The van der Waals surface area contributed by atoms with Crippen LogP contribution in [0.2, 0.25) is 5.02 Å². The number of carbonyl (C=O) groups excluding carboxylic acids is 1. The van der Waals surface area contributed by atoms with Crippen molar-refractivity contribution < 1.29 is 4.79 Å². The third kappa shape index (κ3) is 3.18. The fourth-order valence-corrected chi connectivity index (χ4v) is 3.12. The van der Waals surface area contributed by atoms with E-state index in [-0.39, 0.29) is 11.9 Å². The van der Waals surface area contributed by atoms with Gasteiger partial charge in [0.1, 0.15) is 6.04 Å². The Bertz CT molecular complexity index is 486. The Hall–Kier alpha value is -1.18. The third-order valence-corrected chi connectivity index (χ3v) is 4.10. The number of nitriles is 1. The van der Waals surface area contributed by atoms with Gasteiger partial charge in [0.25, 0.3) is 0 Å². The lowest BCUT2D eigenvalue weighted by Gasteiger charge is -2.31. The highest BCUT2D eigenvalue weighted by Gasteiger charge is 2.26. The number of hydrogen-bond acceptors (Lipinski definition) is 3. The Labute approximate surface area is 116 Å². The molecule has 1 fully saturated rings. The molecule has 1 amide bonds. The second kappa shape index (κ2) is 6.12. The van der Waals surface area contributed by atoms with Crippen LogP contribution in [0.4, 0.5) is 0 Å². The van der Waals surface area contributed by atoms with Crippen molar-refractivity contribution in [3.05, 3.63) is 34.9 Å². The van der Waals surface area contributed by atoms with E-state index in [1.807, 2.05) is 12.1 Å². The van der Waals surface area contributed by atoms with Crippen molar-refractivity contribution in [3.63, 3.8) is 0 Å². The van der Waals surface area contributed by atoms with Crippen molar-refractivity contribution in [1.29, 1.82) is 5.26 Å². The van der Waals surface area contributed by atoms with Crippen molar-refractivity contribution in [2.24, 2.45) is 0 Å². The summed E-state index contributed by atoms with van der Waals surface area (Å²) in [5.41, 5.74) is 0.891. The monoisotopic (exact) mass is 280 g/mol. The molecule has 0 unspecified atom stereocenters. The number of thioether (sulfide) groups is 1. The highest BCUT2D eigenvalue weighted by Crippen LogP contribution is 2.18. The number of nitrogens with zero attached hydrogens (tertiary/aromatic N) is 2. The summed E-state index contributed by atoms with van der Waals surface area (Å²) in [6, 6.07) is 9.18. The molecule has 1 atom stereocenters. The summed E-state index contributed by atoms with van der Waals surface area (Å²) in [7, 11) is 0. The molecule has 3 nitrogen and oxygen atoms in total. The van der Waals surface area contributed by atoms with Gasteiger partial charge in [-0.05, 0) is 17.7 Å². The average Bonchev–Trinajstić information content (AvgIpc) is 2.38. The Morgan fingerprint density at radius 2 is 2.44 bits per heavy atom. The van der Waals surface area contributed by atoms with Crippen molar-refractivity contribution in [2.75, 3.05) is 18.1 Å². The van der Waals surface area contributed by atoms with Crippen molar-refractivity contribution in [2.45, 2.75) is 12.5 Å². The van der Waals surface area contributed by atoms with Gasteiger partial charge in [-0.15, -0.1) is 0 Å². The highest BCUT2D eigenvalue weighted by molar-refractivity contribution is 7.99. The summed E-state index contributed by atoms with van der Waals surface area (Å²) >= 11 is 7.61. The zero-order valence-electron chi connectivity index (χ0n) is 9.80. The second-order valence-electron chi connectivity index (χ2n) is 4.11. The van der Waals surface area contributed by atoms with Gasteiger partial charge in [-0.2, -0.15) is 17.0 Å². The smallest absolute Gasteiger partial charge is 0.228 e. The van der Waals surface area contributed by atoms with Crippen LogP contribution in [0, 0.1) is 11.3 Å². The van der Waals surface area contributed by atoms with Gasteiger partial charge in [0, 0.05) is 23.1 Å². The first-order chi connectivity index (χ1) is 8.70. The van der Waals surface area contributed by atoms with E-state index < -0.39 is 0 Å². The normalized spacial score (nSPS) is 19.3. The molecule has 1 aliphatic rings. The molecule has 5 heteroatoms. The van der Waals surface area contributed by atoms with Gasteiger partial charge < -0.3 is 4.90 Å². The molecule has 0 bridgehead atoms. The first kappa shape index (κ1) is 13.3. The van der Waals surface area contributed by atoms with E-state index in [0.717, 1.165) is 11.3 Å². The number of halogens is 1. The van der Waals surface area contributed by atoms with Crippen LogP contribution in [-0.2, 0) is 11.2 Å². The SMILES string of the molecule is N#C[C@H]1CSCCN1C(=O)Cc1cccc(Cl)c1. The largest absolute Gasteiger partial charge is 0.325 e. The first-order valence-corrected chi connectivity index (χ1v) is 7.25. The van der Waals surface area contributed by atoms with Gasteiger partial charge >= 0.3 is 0 Å². The predicted octanol–water partition coefficient (Wildman–Crippen LogP) is 2.35. The molecule has 1 aromatic rings. The van der Waals surface area contributed by atoms with E-state index in [9.17, 15) is 4.79 Å². The van der Waals surface area contributed by atoms with Crippen LogP contribution in [0.3, 0.4) is 0 Å². The molecule has 0 aromatic heterocycles. The summed E-state index contributed by atoms with van der Waals surface area (Å²) in [5.74, 6) is 1.61. The van der Waals surface area contributed by atoms with Crippen LogP contribution in [0.25, 0.3) is 0 Å². The van der Waals surface area contributed by atoms with Gasteiger partial charge in [0.15, 0.2) is 0 Å². The van der Waals surface area contributed by atoms with Gasteiger partial charge in [0.05, 0.1) is 12.5 Å². The number of hydrogen-bond donors (Lipinski definition) is 0. The van der Waals surface area contributed by atoms with Crippen LogP contribution >= 0.6 is 23.4 Å². The minimum absolute atomic E-state index is 0.00381. The molecule has 2 rings (SSSR count). The van der Waals surface area contributed by atoms with Crippen LogP contribution < -0.4 is 0 Å². The summed E-state index contributed by atoms with van der Waals surface area (Å²) in [4.78, 5) is 13.8. The van der Waals surface area contributed by atoms with E-state index >= 15 is 0 Å². The minimum Gasteiger partial charge on any atom is -0.325 e. The van der Waals surface area contributed by atoms with Crippen LogP contribution in [0.5, 0.6) is 0 Å². The second-order valence-corrected chi connectivity index (χ2v) is 5.70. The van der Waals surface area contributed by atoms with E-state index in [0.29, 0.717) is 23.7 Å². The van der Waals surface area contributed by atoms with Gasteiger partial charge in [0.2, 0.25) is 5.91 Å². The lowest BCUT2D eigenvalue weighted by atomic mass is 10.1. The lowest BCUT2D eigenvalue weighted by Crippen LogP contribution is -2.46. The van der Waals surface area contributed by atoms with Gasteiger partial charge in [-0.1, -0.05) is 23.7 Å². The summed E-state index contributed by atoms with van der Waals surface area (Å²) < 4.78 is 0. The topological polar surface area (TPSA) is 44.1 Å². The van der Waals surface area contributed by atoms with E-state index in [1.54, 1.807) is 28.8 Å². The molecule has 1 saturated heterocycles. The number of benzene rings is 1. The van der Waals surface area contributed by atoms with E-state index in [2.05, 4.69) is 6.07 Å². The summed E-state index contributed by atoms with van der Waals surface area (Å²) in [6.07, 6.45) is 0.309. The van der Waals surface area contributed by atoms with Crippen LogP contribution in [0.1, 0.15) is 5.56 Å². The molecule has 1 aliphatic heterocycles. The zero-order valence-corrected chi connectivity index (χ0v) is 11.4. The number of rotatable bonds is 2. The molecule has 1 aromatic carbocycles. The molecule has 0 aliphatic carbocycles. The summed E-state index contributed by atoms with van der Waals surface area (Å²) in [5, 5.41) is 9.67. The molecule has 0 radical (unpaired) electrons. The summed E-state index contributed by atoms with van der Waals surface area (Å²) in [6.45, 7) is 0.655. The maximum absolute atomic E-state index is 12.2. The molecule has 0 N–H and O–H groups in total. The maximum Gasteiger partial charge on any atom is 0.228 e.